The van der Waals surface area contributed by atoms with Gasteiger partial charge in [0.2, 0.25) is 0 Å². The van der Waals surface area contributed by atoms with Gasteiger partial charge in [-0.2, -0.15) is 0 Å². The number of rotatable bonds is 10. The fraction of sp³-hybridized carbons (Fsp3) is 0.481. The van der Waals surface area contributed by atoms with E-state index >= 15 is 0 Å². The molecule has 8 heteroatoms. The number of ether oxygens (including phenoxy) is 3. The van der Waals surface area contributed by atoms with E-state index < -0.39 is 23.2 Å². The van der Waals surface area contributed by atoms with Gasteiger partial charge in [-0.25, -0.2) is 4.79 Å². The first-order valence-corrected chi connectivity index (χ1v) is 12.7. The predicted octanol–water partition coefficient (Wildman–Crippen LogP) is 4.25. The number of aliphatic hydroxyl groups excluding tert-OH is 1. The number of benzene rings is 2. The van der Waals surface area contributed by atoms with E-state index in [0.717, 1.165) is 4.90 Å². The maximum atomic E-state index is 12.4. The van der Waals surface area contributed by atoms with Gasteiger partial charge in [-0.3, -0.25) is 10.1 Å². The van der Waals surface area contributed by atoms with Crippen LogP contribution in [-0.2, 0) is 19.0 Å². The van der Waals surface area contributed by atoms with E-state index in [2.05, 4.69) is 5.32 Å². The summed E-state index contributed by atoms with van der Waals surface area (Å²) in [6.45, 7) is 7.34. The summed E-state index contributed by atoms with van der Waals surface area (Å²) in [5.41, 5.74) is 0.503. The summed E-state index contributed by atoms with van der Waals surface area (Å²) in [7, 11) is 0. The van der Waals surface area contributed by atoms with E-state index in [0.29, 0.717) is 12.0 Å². The molecule has 35 heavy (non-hydrogen) atoms. The van der Waals surface area contributed by atoms with Crippen LogP contribution in [0.15, 0.2) is 65.6 Å². The Bertz CT molecular complexity index is 959. The zero-order valence-electron chi connectivity index (χ0n) is 20.7. The van der Waals surface area contributed by atoms with Crippen LogP contribution < -0.4 is 5.32 Å². The SMILES string of the molecule is CC(=O)O[C@@H]1C[C@](C)(Sc2ccccc2)OC([C@H](C)[C@H](C)COC(=O)c2ccccc2)[C@@H]1NCO. The van der Waals surface area contributed by atoms with Gasteiger partial charge in [-0.15, -0.1) is 0 Å². The molecule has 0 spiro atoms. The number of hydrogen-bond acceptors (Lipinski definition) is 8. The third kappa shape index (κ3) is 7.54. The lowest BCUT2D eigenvalue weighted by molar-refractivity contribution is -0.180. The third-order valence-electron chi connectivity index (χ3n) is 6.34. The first-order valence-electron chi connectivity index (χ1n) is 11.9. The van der Waals surface area contributed by atoms with Crippen LogP contribution in [0.25, 0.3) is 0 Å². The Hall–Kier alpha value is -2.39. The molecule has 2 N–H and O–H groups in total. The minimum atomic E-state index is -0.672. The molecule has 6 atom stereocenters. The van der Waals surface area contributed by atoms with Gasteiger partial charge in [0.1, 0.15) is 11.0 Å². The summed E-state index contributed by atoms with van der Waals surface area (Å²) >= 11 is 1.58. The quantitative estimate of drug-likeness (QED) is 0.369. The highest BCUT2D eigenvalue weighted by molar-refractivity contribution is 8.00. The lowest BCUT2D eigenvalue weighted by Gasteiger charge is -2.49. The molecule has 2 aromatic rings. The molecular formula is C27H35NO6S. The lowest BCUT2D eigenvalue weighted by Crippen LogP contribution is -2.62. The molecule has 7 nitrogen and oxygen atoms in total. The summed E-state index contributed by atoms with van der Waals surface area (Å²) in [6.07, 6.45) is -0.460. The van der Waals surface area contributed by atoms with Crippen molar-refractivity contribution in [2.24, 2.45) is 11.8 Å². The van der Waals surface area contributed by atoms with E-state index in [1.54, 1.807) is 36.0 Å². The van der Waals surface area contributed by atoms with Crippen molar-refractivity contribution in [1.29, 1.82) is 0 Å². The number of carbonyl (C=O) groups is 2. The summed E-state index contributed by atoms with van der Waals surface area (Å²) < 4.78 is 18.0. The van der Waals surface area contributed by atoms with E-state index in [1.165, 1.54) is 6.92 Å². The maximum absolute atomic E-state index is 12.4. The second-order valence-electron chi connectivity index (χ2n) is 9.17. The fourth-order valence-electron chi connectivity index (χ4n) is 4.37. The molecule has 0 radical (unpaired) electrons. The van der Waals surface area contributed by atoms with Crippen molar-refractivity contribution in [3.8, 4) is 0 Å². The number of hydrogen-bond donors (Lipinski definition) is 2. The molecule has 1 aliphatic heterocycles. The Morgan fingerprint density at radius 2 is 1.77 bits per heavy atom. The van der Waals surface area contributed by atoms with Crippen molar-refractivity contribution < 1.29 is 28.9 Å². The van der Waals surface area contributed by atoms with Crippen molar-refractivity contribution in [3.05, 3.63) is 66.2 Å². The van der Waals surface area contributed by atoms with E-state index in [1.807, 2.05) is 57.2 Å². The van der Waals surface area contributed by atoms with E-state index in [4.69, 9.17) is 14.2 Å². The normalized spacial score (nSPS) is 25.9. The topological polar surface area (TPSA) is 94.1 Å². The smallest absolute Gasteiger partial charge is 0.338 e. The van der Waals surface area contributed by atoms with Gasteiger partial charge in [-0.05, 0) is 43.0 Å². The summed E-state index contributed by atoms with van der Waals surface area (Å²) in [6, 6.07) is 18.4. The lowest BCUT2D eigenvalue weighted by atomic mass is 9.82. The van der Waals surface area contributed by atoms with Crippen LogP contribution in [-0.4, -0.2) is 53.6 Å². The van der Waals surface area contributed by atoms with E-state index in [9.17, 15) is 14.7 Å². The number of thioether (sulfide) groups is 1. The van der Waals surface area contributed by atoms with Gasteiger partial charge < -0.3 is 19.3 Å². The molecule has 0 bridgehead atoms. The highest BCUT2D eigenvalue weighted by Gasteiger charge is 2.49. The Labute approximate surface area is 211 Å². The molecule has 2 aromatic carbocycles. The Morgan fingerprint density at radius 1 is 1.14 bits per heavy atom. The van der Waals surface area contributed by atoms with Crippen LogP contribution in [0, 0.1) is 11.8 Å². The minimum absolute atomic E-state index is 0.0577. The first-order chi connectivity index (χ1) is 16.7. The van der Waals surface area contributed by atoms with Crippen LogP contribution in [0.2, 0.25) is 0 Å². The first kappa shape index (κ1) is 27.2. The van der Waals surface area contributed by atoms with Crippen molar-refractivity contribution >= 4 is 23.7 Å². The van der Waals surface area contributed by atoms with Gasteiger partial charge in [0.15, 0.2) is 0 Å². The zero-order chi connectivity index (χ0) is 25.4. The summed E-state index contributed by atoms with van der Waals surface area (Å²) in [5, 5.41) is 12.7. The van der Waals surface area contributed by atoms with Crippen LogP contribution in [0.1, 0.15) is 44.5 Å². The predicted molar refractivity (Wildman–Crippen MR) is 135 cm³/mol. The molecule has 0 amide bonds. The van der Waals surface area contributed by atoms with Gasteiger partial charge in [0.05, 0.1) is 31.0 Å². The monoisotopic (exact) mass is 501 g/mol. The molecule has 190 valence electrons. The second-order valence-corrected chi connectivity index (χ2v) is 10.7. The molecule has 1 unspecified atom stereocenters. The van der Waals surface area contributed by atoms with Crippen LogP contribution in [0.5, 0.6) is 0 Å². The largest absolute Gasteiger partial charge is 0.462 e. The molecule has 3 rings (SSSR count). The summed E-state index contributed by atoms with van der Waals surface area (Å²) in [4.78, 5) is 24.7. The maximum Gasteiger partial charge on any atom is 0.338 e. The average molecular weight is 502 g/mol. The number of nitrogens with one attached hydrogen (secondary N) is 1. The minimum Gasteiger partial charge on any atom is -0.462 e. The van der Waals surface area contributed by atoms with Crippen molar-refractivity contribution in [2.45, 2.75) is 62.2 Å². The van der Waals surface area contributed by atoms with Gasteiger partial charge >= 0.3 is 11.9 Å². The number of esters is 2. The standard InChI is InChI=1S/C27H35NO6S/c1-18(16-32-26(31)21-11-7-5-8-12-21)19(2)25-24(28-17-29)23(33-20(3)30)15-27(4,34-25)35-22-13-9-6-10-14-22/h5-14,18-19,23-25,28-29H,15-17H2,1-4H3/t18-,19-,23-,24-,25?,27+/m1/s1. The van der Waals surface area contributed by atoms with Gasteiger partial charge in [0, 0.05) is 18.2 Å². The molecule has 1 aliphatic rings. The molecule has 1 heterocycles. The van der Waals surface area contributed by atoms with Crippen molar-refractivity contribution in [3.63, 3.8) is 0 Å². The summed E-state index contributed by atoms with van der Waals surface area (Å²) in [5.74, 6) is -0.902. The highest BCUT2D eigenvalue weighted by atomic mass is 32.2. The Balaban J connectivity index is 1.78. The molecule has 1 saturated heterocycles. The van der Waals surface area contributed by atoms with Crippen LogP contribution in [0.4, 0.5) is 0 Å². The molecular weight excluding hydrogens is 466 g/mol. The van der Waals surface area contributed by atoms with Gasteiger partial charge in [-0.1, -0.05) is 62.0 Å². The Kier molecular flexibility index (Phi) is 9.74. The molecule has 0 aliphatic carbocycles. The number of carbonyl (C=O) groups excluding carboxylic acids is 2. The van der Waals surface area contributed by atoms with Crippen LogP contribution >= 0.6 is 11.8 Å². The third-order valence-corrected chi connectivity index (χ3v) is 7.54. The molecule has 0 saturated carbocycles. The number of aliphatic hydroxyl groups is 1. The van der Waals surface area contributed by atoms with Crippen molar-refractivity contribution in [2.75, 3.05) is 13.3 Å². The second kappa shape index (κ2) is 12.5. The molecule has 0 aromatic heterocycles. The fourth-order valence-corrected chi connectivity index (χ4v) is 5.57. The van der Waals surface area contributed by atoms with Crippen molar-refractivity contribution in [1.82, 2.24) is 5.32 Å². The molecule has 1 fully saturated rings. The van der Waals surface area contributed by atoms with Gasteiger partial charge in [0.25, 0.3) is 0 Å². The Morgan fingerprint density at radius 3 is 2.37 bits per heavy atom. The highest BCUT2D eigenvalue weighted by Crippen LogP contribution is 2.45. The zero-order valence-corrected chi connectivity index (χ0v) is 21.5. The average Bonchev–Trinajstić information content (AvgIpc) is 2.84. The van der Waals surface area contributed by atoms with Crippen LogP contribution in [0.3, 0.4) is 0 Å². The van der Waals surface area contributed by atoms with E-state index in [-0.39, 0.29) is 37.1 Å².